The van der Waals surface area contributed by atoms with Crippen LogP contribution in [0.15, 0.2) is 291 Å². The number of fused-ring (bicyclic) bond motifs is 24. The number of para-hydroxylation sites is 2. The minimum Gasteiger partial charge on any atom is -0.310 e. The average molecular weight is 1040 g/mol. The molecule has 2 atom stereocenters. The second-order valence-corrected chi connectivity index (χ2v) is 22.3. The molecule has 4 aliphatic rings. The molecule has 0 radical (unpaired) electrons. The molecule has 0 amide bonds. The first kappa shape index (κ1) is 45.2. The van der Waals surface area contributed by atoms with Crippen LogP contribution in [0.2, 0.25) is 0 Å². The van der Waals surface area contributed by atoms with Gasteiger partial charge in [0.1, 0.15) is 0 Å². The molecule has 0 fully saturated rings. The lowest BCUT2D eigenvalue weighted by atomic mass is 9.66. The molecular weight excluding hydrogens is 993 g/mol. The van der Waals surface area contributed by atoms with Gasteiger partial charge in [-0.25, -0.2) is 0 Å². The van der Waals surface area contributed by atoms with E-state index in [9.17, 15) is 0 Å². The highest BCUT2D eigenvalue weighted by molar-refractivity contribution is 6.22. The molecule has 4 nitrogen and oxygen atoms in total. The van der Waals surface area contributed by atoms with Crippen LogP contribution in [0.25, 0.3) is 76.8 Å². The maximum Gasteiger partial charge on any atom is 0.0729 e. The van der Waals surface area contributed by atoms with Crippen LogP contribution >= 0.6 is 0 Å². The van der Waals surface area contributed by atoms with Gasteiger partial charge in [-0.2, -0.15) is 0 Å². The maximum atomic E-state index is 5.02. The first-order valence-electron chi connectivity index (χ1n) is 28.4. The van der Waals surface area contributed by atoms with Crippen LogP contribution in [-0.2, 0) is 10.8 Å². The molecule has 12 aromatic carbocycles. The lowest BCUT2D eigenvalue weighted by molar-refractivity contribution is 0.826. The van der Waals surface area contributed by atoms with E-state index in [1.807, 2.05) is 12.4 Å². The number of hydrogen-bond donors (Lipinski definition) is 0. The summed E-state index contributed by atoms with van der Waals surface area (Å²) in [4.78, 5) is 14.9. The Labute approximate surface area is 474 Å². The number of rotatable bonds is 6. The summed E-state index contributed by atoms with van der Waals surface area (Å²) in [6, 6.07) is 104. The zero-order chi connectivity index (χ0) is 53.7. The Kier molecular flexibility index (Phi) is 9.33. The molecule has 4 heteroatoms. The number of anilines is 6. The molecule has 4 aliphatic carbocycles. The summed E-state index contributed by atoms with van der Waals surface area (Å²) in [7, 11) is 0. The van der Waals surface area contributed by atoms with Crippen molar-refractivity contribution in [2.45, 2.75) is 10.8 Å². The molecule has 18 rings (SSSR count). The predicted octanol–water partition coefficient (Wildman–Crippen LogP) is 19.6. The number of nitrogens with zero attached hydrogens (tertiary/aromatic N) is 4. The van der Waals surface area contributed by atoms with E-state index in [1.54, 1.807) is 0 Å². The topological polar surface area (TPSA) is 32.3 Å². The smallest absolute Gasteiger partial charge is 0.0729 e. The van der Waals surface area contributed by atoms with E-state index in [4.69, 9.17) is 9.97 Å². The van der Waals surface area contributed by atoms with Crippen molar-refractivity contribution in [2.24, 2.45) is 0 Å². The summed E-state index contributed by atoms with van der Waals surface area (Å²) in [5.41, 5.74) is 24.8. The predicted molar refractivity (Wildman–Crippen MR) is 338 cm³/mol. The van der Waals surface area contributed by atoms with Crippen LogP contribution in [0.1, 0.15) is 44.5 Å². The molecule has 82 heavy (non-hydrogen) atoms. The van der Waals surface area contributed by atoms with Crippen molar-refractivity contribution in [3.8, 4) is 22.3 Å². The number of allylic oxidation sites excluding steroid dienone is 2. The van der Waals surface area contributed by atoms with Crippen LogP contribution in [0.5, 0.6) is 0 Å². The van der Waals surface area contributed by atoms with Gasteiger partial charge < -0.3 is 9.80 Å². The minimum absolute atomic E-state index is 0.768. The van der Waals surface area contributed by atoms with Gasteiger partial charge in [-0.15, -0.1) is 0 Å². The largest absolute Gasteiger partial charge is 0.310 e. The fraction of sp³-hybridized carbons (Fsp3) is 0.0256. The first-order chi connectivity index (χ1) is 40.7. The second kappa shape index (κ2) is 16.9. The van der Waals surface area contributed by atoms with Gasteiger partial charge in [-0.3, -0.25) is 9.97 Å². The van der Waals surface area contributed by atoms with Crippen LogP contribution in [0.3, 0.4) is 0 Å². The third kappa shape index (κ3) is 5.94. The SMILES string of the molecule is c1ccc(N(c2ccc3c(c2)C2(C4=C3C3(c5cc(N(c6ccccc6)c6ccc7ccccc7c6)ccc54)c4ccccc4-c4c3ccc3ncccc43)c3ccccc3-c3c2ccc2ncccc32)c2ccc3ccccc3c2)cc1. The van der Waals surface area contributed by atoms with Crippen molar-refractivity contribution in [1.29, 1.82) is 0 Å². The van der Waals surface area contributed by atoms with Gasteiger partial charge in [0.15, 0.2) is 0 Å². The van der Waals surface area contributed by atoms with Gasteiger partial charge in [0.05, 0.1) is 21.9 Å². The van der Waals surface area contributed by atoms with Crippen LogP contribution in [-0.4, -0.2) is 9.97 Å². The monoisotopic (exact) mass is 1040 g/mol. The van der Waals surface area contributed by atoms with E-state index < -0.39 is 10.8 Å². The van der Waals surface area contributed by atoms with E-state index >= 15 is 0 Å². The summed E-state index contributed by atoms with van der Waals surface area (Å²) < 4.78 is 0. The maximum absolute atomic E-state index is 5.02. The molecule has 2 unspecified atom stereocenters. The van der Waals surface area contributed by atoms with E-state index in [0.717, 1.165) is 55.9 Å². The van der Waals surface area contributed by atoms with Crippen molar-refractivity contribution in [2.75, 3.05) is 9.80 Å². The zero-order valence-electron chi connectivity index (χ0n) is 44.5. The molecule has 2 heterocycles. The van der Waals surface area contributed by atoms with Crippen molar-refractivity contribution < 1.29 is 0 Å². The van der Waals surface area contributed by atoms with Crippen LogP contribution in [0.4, 0.5) is 34.1 Å². The van der Waals surface area contributed by atoms with Gasteiger partial charge in [0.25, 0.3) is 0 Å². The van der Waals surface area contributed by atoms with Gasteiger partial charge in [0.2, 0.25) is 0 Å². The number of aromatic nitrogens is 2. The summed E-state index contributed by atoms with van der Waals surface area (Å²) >= 11 is 0. The Morgan fingerprint density at radius 2 is 0.634 bits per heavy atom. The minimum atomic E-state index is -0.768. The number of pyridine rings is 2. The van der Waals surface area contributed by atoms with Crippen molar-refractivity contribution >= 4 is 88.6 Å². The summed E-state index contributed by atoms with van der Waals surface area (Å²) in [5, 5.41) is 7.14. The Hall–Kier alpha value is -10.7. The fourth-order valence-electron chi connectivity index (χ4n) is 15.4. The first-order valence-corrected chi connectivity index (χ1v) is 28.4. The third-order valence-electron chi connectivity index (χ3n) is 18.5. The standard InChI is InChI=1S/C78H48N4/c1-3-21-53(22-4-1)81(55-33-31-49-17-7-9-19-51(49)45-55)57-35-37-61-69(47-57)77(65-29-13-11-25-59(65)73-63-27-15-43-79-71(63)41-39-67(73)77)76-62-38-36-58(82(54-23-5-2-6-24-54)56-34-32-50-18-8-10-20-52(50)46-56)48-70(62)78(75(61)76)66-30-14-12-26-60(66)74-64-28-16-44-80-72(64)42-40-68(74)78/h1-48H. The molecule has 380 valence electrons. The molecule has 2 spiro atoms. The van der Waals surface area contributed by atoms with Crippen LogP contribution in [0, 0.1) is 0 Å². The number of benzene rings is 12. The van der Waals surface area contributed by atoms with E-state index in [0.29, 0.717) is 0 Å². The quantitative estimate of drug-likeness (QED) is 0.166. The molecule has 0 bridgehead atoms. The highest BCUT2D eigenvalue weighted by Gasteiger charge is 2.64. The summed E-state index contributed by atoms with van der Waals surface area (Å²) in [6.07, 6.45) is 3.85. The Balaban J connectivity index is 0.991. The number of hydrogen-bond acceptors (Lipinski definition) is 4. The molecule has 0 saturated heterocycles. The van der Waals surface area contributed by atoms with E-state index in [-0.39, 0.29) is 0 Å². The van der Waals surface area contributed by atoms with Crippen molar-refractivity contribution in [3.63, 3.8) is 0 Å². The lowest BCUT2D eigenvalue weighted by Crippen LogP contribution is -2.29. The molecular formula is C78H48N4. The third-order valence-corrected chi connectivity index (χ3v) is 18.5. The lowest BCUT2D eigenvalue weighted by Gasteiger charge is -2.36. The molecule has 0 saturated carbocycles. The van der Waals surface area contributed by atoms with E-state index in [2.05, 4.69) is 289 Å². The Morgan fingerprint density at radius 1 is 0.244 bits per heavy atom. The molecule has 14 aromatic rings. The van der Waals surface area contributed by atoms with Gasteiger partial charge in [-0.1, -0.05) is 182 Å². The molecule has 0 aliphatic heterocycles. The molecule has 2 aromatic heterocycles. The van der Waals surface area contributed by atoms with Crippen LogP contribution < -0.4 is 9.80 Å². The van der Waals surface area contributed by atoms with Gasteiger partial charge in [-0.05, 0) is 197 Å². The van der Waals surface area contributed by atoms with E-state index in [1.165, 1.54) is 99.5 Å². The highest BCUT2D eigenvalue weighted by atomic mass is 15.1. The zero-order valence-corrected chi connectivity index (χ0v) is 44.5. The van der Waals surface area contributed by atoms with Crippen molar-refractivity contribution in [3.05, 3.63) is 336 Å². The molecule has 0 N–H and O–H groups in total. The Bertz CT molecular complexity index is 4760. The normalized spacial score (nSPS) is 16.6. The van der Waals surface area contributed by atoms with Gasteiger partial charge >= 0.3 is 0 Å². The fourth-order valence-corrected chi connectivity index (χ4v) is 15.4. The second-order valence-electron chi connectivity index (χ2n) is 22.3. The highest BCUT2D eigenvalue weighted by Crippen LogP contribution is 2.75. The summed E-state index contributed by atoms with van der Waals surface area (Å²) in [5.74, 6) is 0. The van der Waals surface area contributed by atoms with Gasteiger partial charge in [0, 0.05) is 57.3 Å². The Morgan fingerprint density at radius 3 is 1.10 bits per heavy atom. The van der Waals surface area contributed by atoms with Crippen molar-refractivity contribution in [1.82, 2.24) is 9.97 Å². The summed E-state index contributed by atoms with van der Waals surface area (Å²) in [6.45, 7) is 0. The average Bonchev–Trinajstić information content (AvgIpc) is 1.56.